The Kier molecular flexibility index (Phi) is 6.06. The van der Waals surface area contributed by atoms with E-state index in [2.05, 4.69) is 103 Å². The van der Waals surface area contributed by atoms with E-state index in [-0.39, 0.29) is 5.41 Å². The fourth-order valence-electron chi connectivity index (χ4n) is 5.75. The van der Waals surface area contributed by atoms with Crippen LogP contribution < -0.4 is 9.64 Å². The lowest BCUT2D eigenvalue weighted by molar-refractivity contribution is 0.299. The van der Waals surface area contributed by atoms with Crippen molar-refractivity contribution in [3.63, 3.8) is 0 Å². The summed E-state index contributed by atoms with van der Waals surface area (Å²) >= 11 is 0. The molecule has 0 saturated heterocycles. The average molecular weight is 473 g/mol. The third kappa shape index (κ3) is 3.99. The first-order chi connectivity index (χ1) is 17.8. The first-order valence-corrected chi connectivity index (χ1v) is 13.1. The van der Waals surface area contributed by atoms with Crippen LogP contribution in [0, 0.1) is 0 Å². The number of nitrogens with zero attached hydrogens (tertiary/aromatic N) is 2. The van der Waals surface area contributed by atoms with Crippen molar-refractivity contribution < 1.29 is 4.74 Å². The number of unbranched alkanes of at least 4 members (excludes halogenated alkanes) is 2. The molecule has 0 radical (unpaired) electrons. The molecule has 0 aliphatic carbocycles. The van der Waals surface area contributed by atoms with E-state index in [1.54, 1.807) is 0 Å². The highest BCUT2D eigenvalue weighted by atomic mass is 16.5. The van der Waals surface area contributed by atoms with E-state index in [4.69, 9.17) is 9.73 Å². The topological polar surface area (TPSA) is 24.8 Å². The van der Waals surface area contributed by atoms with Crippen molar-refractivity contribution in [3.05, 3.63) is 125 Å². The highest BCUT2D eigenvalue weighted by Crippen LogP contribution is 2.52. The normalized spacial score (nSPS) is 17.5. The Bertz CT molecular complexity index is 1340. The molecule has 0 fully saturated rings. The van der Waals surface area contributed by atoms with E-state index in [1.165, 1.54) is 36.1 Å². The predicted molar refractivity (Wildman–Crippen MR) is 149 cm³/mol. The molecule has 4 aromatic rings. The molecular formula is C33H32N2O. The Morgan fingerprint density at radius 3 is 2.22 bits per heavy atom. The molecule has 3 heteroatoms. The van der Waals surface area contributed by atoms with E-state index in [0.29, 0.717) is 6.61 Å². The van der Waals surface area contributed by atoms with Crippen LogP contribution in [0.5, 0.6) is 5.75 Å². The van der Waals surface area contributed by atoms with E-state index in [0.717, 1.165) is 41.4 Å². The van der Waals surface area contributed by atoms with Gasteiger partial charge < -0.3 is 9.64 Å². The minimum atomic E-state index is -0.109. The molecule has 1 spiro atoms. The molecule has 0 aromatic heterocycles. The van der Waals surface area contributed by atoms with Gasteiger partial charge in [-0.2, -0.15) is 0 Å². The van der Waals surface area contributed by atoms with Crippen LogP contribution in [0.1, 0.15) is 48.4 Å². The smallest absolute Gasteiger partial charge is 0.125 e. The molecule has 1 atom stereocenters. The zero-order chi connectivity index (χ0) is 24.4. The Labute approximate surface area is 214 Å². The van der Waals surface area contributed by atoms with Crippen LogP contribution in [-0.4, -0.2) is 25.4 Å². The van der Waals surface area contributed by atoms with E-state index in [1.807, 2.05) is 12.1 Å². The van der Waals surface area contributed by atoms with Crippen molar-refractivity contribution >= 4 is 17.1 Å². The van der Waals surface area contributed by atoms with Crippen molar-refractivity contribution in [2.45, 2.75) is 31.6 Å². The highest BCUT2D eigenvalue weighted by molar-refractivity contribution is 6.13. The fourth-order valence-corrected chi connectivity index (χ4v) is 5.75. The van der Waals surface area contributed by atoms with Gasteiger partial charge >= 0.3 is 0 Å². The monoisotopic (exact) mass is 472 g/mol. The fraction of sp³-hybridized carbons (Fsp3) is 0.242. The zero-order valence-electron chi connectivity index (χ0n) is 20.9. The zero-order valence-corrected chi connectivity index (χ0v) is 20.9. The van der Waals surface area contributed by atoms with Crippen molar-refractivity contribution in [2.24, 2.45) is 4.99 Å². The van der Waals surface area contributed by atoms with Gasteiger partial charge in [-0.1, -0.05) is 105 Å². The molecule has 0 bridgehead atoms. The number of hydrogen-bond acceptors (Lipinski definition) is 3. The molecule has 180 valence electrons. The number of fused-ring (bicyclic) bond motifs is 4. The van der Waals surface area contributed by atoms with Gasteiger partial charge in [0.25, 0.3) is 0 Å². The maximum atomic E-state index is 6.40. The van der Waals surface area contributed by atoms with Crippen LogP contribution in [0.2, 0.25) is 0 Å². The van der Waals surface area contributed by atoms with Crippen LogP contribution in [0.25, 0.3) is 0 Å². The Balaban J connectivity index is 1.37. The Morgan fingerprint density at radius 1 is 0.806 bits per heavy atom. The first-order valence-electron chi connectivity index (χ1n) is 13.1. The molecule has 0 N–H and O–H groups in total. The third-order valence-electron chi connectivity index (χ3n) is 7.54. The number of benzene rings is 4. The minimum Gasteiger partial charge on any atom is -0.492 e. The average Bonchev–Trinajstić information content (AvgIpc) is 3.46. The second-order valence-electron chi connectivity index (χ2n) is 9.89. The Hall–Kier alpha value is -3.85. The molecule has 1 unspecified atom stereocenters. The van der Waals surface area contributed by atoms with Gasteiger partial charge in [-0.25, -0.2) is 4.99 Å². The summed E-state index contributed by atoms with van der Waals surface area (Å²) < 4.78 is 6.40. The van der Waals surface area contributed by atoms with Gasteiger partial charge in [-0.3, -0.25) is 0 Å². The number of hydrogen-bond donors (Lipinski definition) is 0. The van der Waals surface area contributed by atoms with Crippen molar-refractivity contribution in [2.75, 3.05) is 24.6 Å². The summed E-state index contributed by atoms with van der Waals surface area (Å²) in [5.74, 6) is 0.960. The van der Waals surface area contributed by atoms with Crippen LogP contribution in [0.3, 0.4) is 0 Å². The minimum absolute atomic E-state index is 0.109. The molecule has 0 amide bonds. The number of ether oxygens (including phenoxy) is 1. The summed E-state index contributed by atoms with van der Waals surface area (Å²) in [6.07, 6.45) is 3.74. The molecule has 0 saturated carbocycles. The summed E-state index contributed by atoms with van der Waals surface area (Å²) in [5.41, 5.74) is 8.03. The lowest BCUT2D eigenvalue weighted by Gasteiger charge is -2.25. The lowest BCUT2D eigenvalue weighted by atomic mass is 9.78. The Morgan fingerprint density at radius 2 is 1.50 bits per heavy atom. The highest BCUT2D eigenvalue weighted by Gasteiger charge is 2.49. The summed E-state index contributed by atoms with van der Waals surface area (Å²) in [6.45, 7) is 5.02. The lowest BCUT2D eigenvalue weighted by Crippen LogP contribution is -2.36. The van der Waals surface area contributed by atoms with E-state index < -0.39 is 0 Å². The molecule has 2 aliphatic rings. The number of rotatable bonds is 7. The van der Waals surface area contributed by atoms with Gasteiger partial charge in [0.2, 0.25) is 0 Å². The maximum absolute atomic E-state index is 6.40. The second kappa shape index (κ2) is 9.66. The summed E-state index contributed by atoms with van der Waals surface area (Å²) in [6, 6.07) is 36.2. The van der Waals surface area contributed by atoms with Gasteiger partial charge in [0.15, 0.2) is 0 Å². The standard InChI is InChI=1S/C33H32N2O/c1-2-3-12-21-35-23-33(28-17-10-11-18-30(28)35)24-36-31-22-27(19-20-29(31)33)34-32(25-13-6-4-7-14-25)26-15-8-5-9-16-26/h4-11,13-20,22H,2-3,12,21,23-24H2,1H3. The van der Waals surface area contributed by atoms with Gasteiger partial charge in [-0.15, -0.1) is 0 Å². The first kappa shape index (κ1) is 22.6. The van der Waals surface area contributed by atoms with Crippen LogP contribution in [-0.2, 0) is 5.41 Å². The quantitative estimate of drug-likeness (QED) is 0.205. The van der Waals surface area contributed by atoms with E-state index in [9.17, 15) is 0 Å². The van der Waals surface area contributed by atoms with Gasteiger partial charge in [0, 0.05) is 41.5 Å². The number of aliphatic imine (C=N–C) groups is 1. The van der Waals surface area contributed by atoms with Crippen LogP contribution in [0.4, 0.5) is 11.4 Å². The second-order valence-corrected chi connectivity index (χ2v) is 9.89. The molecule has 2 aliphatic heterocycles. The molecule has 36 heavy (non-hydrogen) atoms. The third-order valence-corrected chi connectivity index (χ3v) is 7.54. The SMILES string of the molecule is CCCCCN1CC2(COc3cc(N=C(c4ccccc4)c4ccccc4)ccc32)c2ccccc21. The van der Waals surface area contributed by atoms with Crippen LogP contribution in [0.15, 0.2) is 108 Å². The van der Waals surface area contributed by atoms with Gasteiger partial charge in [-0.05, 0) is 24.1 Å². The maximum Gasteiger partial charge on any atom is 0.125 e. The van der Waals surface area contributed by atoms with E-state index >= 15 is 0 Å². The number of para-hydroxylation sites is 1. The summed E-state index contributed by atoms with van der Waals surface area (Å²) in [4.78, 5) is 7.69. The number of anilines is 1. The molecular weight excluding hydrogens is 440 g/mol. The summed E-state index contributed by atoms with van der Waals surface area (Å²) in [7, 11) is 0. The molecule has 4 aromatic carbocycles. The van der Waals surface area contributed by atoms with Gasteiger partial charge in [0.05, 0.1) is 16.8 Å². The predicted octanol–water partition coefficient (Wildman–Crippen LogP) is 7.54. The van der Waals surface area contributed by atoms with Crippen molar-refractivity contribution in [1.29, 1.82) is 0 Å². The van der Waals surface area contributed by atoms with Crippen molar-refractivity contribution in [1.82, 2.24) is 0 Å². The van der Waals surface area contributed by atoms with Crippen LogP contribution >= 0.6 is 0 Å². The molecule has 2 heterocycles. The molecule has 3 nitrogen and oxygen atoms in total. The van der Waals surface area contributed by atoms with Gasteiger partial charge in [0.1, 0.15) is 12.4 Å². The van der Waals surface area contributed by atoms with Crippen molar-refractivity contribution in [3.8, 4) is 5.75 Å². The summed E-state index contributed by atoms with van der Waals surface area (Å²) in [5, 5.41) is 0. The molecule has 6 rings (SSSR count). The largest absolute Gasteiger partial charge is 0.492 e.